The number of hydrogen-bond donors (Lipinski definition) is 3. The Kier molecular flexibility index (Phi) is 4.81. The van der Waals surface area contributed by atoms with E-state index in [4.69, 9.17) is 15.6 Å². The Morgan fingerprint density at radius 2 is 2.29 bits per heavy atom. The van der Waals surface area contributed by atoms with Gasteiger partial charge in [-0.05, 0) is 31.7 Å². The van der Waals surface area contributed by atoms with Gasteiger partial charge in [0, 0.05) is 20.3 Å². The molecule has 84 valence electrons. The highest BCUT2D eigenvalue weighted by Gasteiger charge is 2.43. The van der Waals surface area contributed by atoms with Crippen LogP contribution < -0.4 is 11.1 Å². The first kappa shape index (κ1) is 11.9. The smallest absolute Gasteiger partial charge is 0.0659 e. The molecule has 0 radical (unpaired) electrons. The molecule has 4 heteroatoms. The highest BCUT2D eigenvalue weighted by atomic mass is 16.5. The van der Waals surface area contributed by atoms with Crippen molar-refractivity contribution in [3.8, 4) is 0 Å². The second-order valence-electron chi connectivity index (χ2n) is 4.07. The summed E-state index contributed by atoms with van der Waals surface area (Å²) in [4.78, 5) is 0. The molecule has 1 aliphatic carbocycles. The van der Waals surface area contributed by atoms with Gasteiger partial charge in [0.1, 0.15) is 0 Å². The molecule has 4 N–H and O–H groups in total. The van der Waals surface area contributed by atoms with Gasteiger partial charge in [0.25, 0.3) is 0 Å². The topological polar surface area (TPSA) is 67.5 Å². The number of rotatable bonds is 8. The predicted octanol–water partition coefficient (Wildman–Crippen LogP) is -0.288. The second kappa shape index (κ2) is 5.66. The lowest BCUT2D eigenvalue weighted by molar-refractivity contribution is 0.0972. The van der Waals surface area contributed by atoms with Gasteiger partial charge in [-0.2, -0.15) is 0 Å². The number of aliphatic hydroxyl groups excluding tert-OH is 1. The Hall–Kier alpha value is -0.160. The van der Waals surface area contributed by atoms with Gasteiger partial charge in [0.05, 0.1) is 12.1 Å². The van der Waals surface area contributed by atoms with Crippen LogP contribution in [0, 0.1) is 5.92 Å². The lowest BCUT2D eigenvalue weighted by Crippen LogP contribution is -2.56. The molecule has 1 aliphatic rings. The van der Waals surface area contributed by atoms with Crippen molar-refractivity contribution in [2.75, 3.05) is 33.4 Å². The van der Waals surface area contributed by atoms with E-state index in [2.05, 4.69) is 5.32 Å². The van der Waals surface area contributed by atoms with Crippen LogP contribution in [0.4, 0.5) is 0 Å². The monoisotopic (exact) mass is 202 g/mol. The Morgan fingerprint density at radius 1 is 1.57 bits per heavy atom. The van der Waals surface area contributed by atoms with Crippen molar-refractivity contribution < 1.29 is 9.84 Å². The molecule has 0 aliphatic heterocycles. The van der Waals surface area contributed by atoms with Crippen LogP contribution in [0.1, 0.15) is 19.3 Å². The minimum Gasteiger partial charge on any atom is -0.396 e. The lowest BCUT2D eigenvalue weighted by Gasteiger charge is -2.33. The number of methoxy groups -OCH3 is 1. The molecule has 0 aromatic carbocycles. The fraction of sp³-hybridized carbons (Fsp3) is 1.00. The van der Waals surface area contributed by atoms with E-state index in [9.17, 15) is 0 Å². The van der Waals surface area contributed by atoms with Crippen molar-refractivity contribution in [1.82, 2.24) is 5.32 Å². The molecule has 1 rings (SSSR count). The van der Waals surface area contributed by atoms with Crippen LogP contribution in [0.5, 0.6) is 0 Å². The zero-order valence-electron chi connectivity index (χ0n) is 8.96. The minimum atomic E-state index is -0.0517. The van der Waals surface area contributed by atoms with E-state index in [0.717, 1.165) is 13.0 Å². The molecule has 0 bridgehead atoms. The summed E-state index contributed by atoms with van der Waals surface area (Å²) in [6.45, 7) is 2.31. The summed E-state index contributed by atoms with van der Waals surface area (Å²) in [5, 5.41) is 12.2. The van der Waals surface area contributed by atoms with Crippen LogP contribution in [0.2, 0.25) is 0 Å². The highest BCUT2D eigenvalue weighted by molar-refractivity contribution is 5.01. The summed E-state index contributed by atoms with van der Waals surface area (Å²) in [6, 6.07) is 0. The van der Waals surface area contributed by atoms with E-state index < -0.39 is 0 Å². The van der Waals surface area contributed by atoms with Gasteiger partial charge in [0.2, 0.25) is 0 Å². The third-order valence-electron chi connectivity index (χ3n) is 2.94. The first-order chi connectivity index (χ1) is 6.79. The van der Waals surface area contributed by atoms with Crippen LogP contribution in [-0.2, 0) is 4.74 Å². The Balaban J connectivity index is 2.40. The highest BCUT2D eigenvalue weighted by Crippen LogP contribution is 2.39. The third-order valence-corrected chi connectivity index (χ3v) is 2.94. The summed E-state index contributed by atoms with van der Waals surface area (Å²) in [5.74, 6) is 0.658. The Bertz CT molecular complexity index is 162. The molecule has 0 spiro atoms. The van der Waals surface area contributed by atoms with Crippen molar-refractivity contribution in [3.05, 3.63) is 0 Å². The maximum Gasteiger partial charge on any atom is 0.0659 e. The van der Waals surface area contributed by atoms with E-state index in [-0.39, 0.29) is 12.1 Å². The summed E-state index contributed by atoms with van der Waals surface area (Å²) < 4.78 is 5.23. The summed E-state index contributed by atoms with van der Waals surface area (Å²) >= 11 is 0. The van der Waals surface area contributed by atoms with Crippen molar-refractivity contribution in [2.24, 2.45) is 11.7 Å². The van der Waals surface area contributed by atoms with E-state index in [1.807, 2.05) is 0 Å². The molecule has 1 unspecified atom stereocenters. The van der Waals surface area contributed by atoms with Crippen molar-refractivity contribution in [3.63, 3.8) is 0 Å². The predicted molar refractivity (Wildman–Crippen MR) is 56.1 cm³/mol. The number of ether oxygens (including phenoxy) is 1. The number of hydrogen-bond acceptors (Lipinski definition) is 4. The lowest BCUT2D eigenvalue weighted by atomic mass is 9.94. The van der Waals surface area contributed by atoms with Gasteiger partial charge < -0.3 is 20.9 Å². The molecule has 0 saturated heterocycles. The van der Waals surface area contributed by atoms with E-state index in [1.54, 1.807) is 7.11 Å². The van der Waals surface area contributed by atoms with Crippen molar-refractivity contribution in [2.45, 2.75) is 24.8 Å². The Morgan fingerprint density at radius 3 is 2.71 bits per heavy atom. The SMILES string of the molecule is COCC(CN)(NCCCO)C1CC1. The molecule has 0 heterocycles. The van der Waals surface area contributed by atoms with Crippen LogP contribution in [0.3, 0.4) is 0 Å². The van der Waals surface area contributed by atoms with Crippen molar-refractivity contribution in [1.29, 1.82) is 0 Å². The van der Waals surface area contributed by atoms with Crippen LogP contribution in [-0.4, -0.2) is 44.1 Å². The van der Waals surface area contributed by atoms with Gasteiger partial charge in [-0.15, -0.1) is 0 Å². The number of aliphatic hydroxyl groups is 1. The first-order valence-corrected chi connectivity index (χ1v) is 5.34. The molecular weight excluding hydrogens is 180 g/mol. The third kappa shape index (κ3) is 2.92. The standard InChI is InChI=1S/C10H22N2O2/c1-14-8-10(7-11,9-3-4-9)12-5-2-6-13/h9,12-13H,2-8,11H2,1H3. The number of nitrogens with one attached hydrogen (secondary N) is 1. The normalized spacial score (nSPS) is 20.8. The molecule has 0 amide bonds. The molecule has 1 fully saturated rings. The van der Waals surface area contributed by atoms with Gasteiger partial charge >= 0.3 is 0 Å². The molecule has 0 aromatic heterocycles. The van der Waals surface area contributed by atoms with Crippen LogP contribution in [0.25, 0.3) is 0 Å². The zero-order chi connectivity index (χ0) is 10.4. The molecule has 0 aromatic rings. The zero-order valence-corrected chi connectivity index (χ0v) is 8.96. The molecule has 4 nitrogen and oxygen atoms in total. The molecule has 1 saturated carbocycles. The summed E-state index contributed by atoms with van der Waals surface area (Å²) in [6.07, 6.45) is 3.26. The maximum absolute atomic E-state index is 8.72. The van der Waals surface area contributed by atoms with Gasteiger partial charge in [-0.25, -0.2) is 0 Å². The van der Waals surface area contributed by atoms with E-state index in [1.165, 1.54) is 12.8 Å². The maximum atomic E-state index is 8.72. The van der Waals surface area contributed by atoms with E-state index in [0.29, 0.717) is 19.1 Å². The van der Waals surface area contributed by atoms with Crippen LogP contribution >= 0.6 is 0 Å². The minimum absolute atomic E-state index is 0.0517. The van der Waals surface area contributed by atoms with Crippen LogP contribution in [0.15, 0.2) is 0 Å². The second-order valence-corrected chi connectivity index (χ2v) is 4.07. The number of nitrogens with two attached hydrogens (primary N) is 1. The van der Waals surface area contributed by atoms with Crippen molar-refractivity contribution >= 4 is 0 Å². The fourth-order valence-corrected chi connectivity index (χ4v) is 1.92. The molecule has 14 heavy (non-hydrogen) atoms. The van der Waals surface area contributed by atoms with Gasteiger partial charge in [0.15, 0.2) is 0 Å². The van der Waals surface area contributed by atoms with Gasteiger partial charge in [-0.3, -0.25) is 0 Å². The first-order valence-electron chi connectivity index (χ1n) is 5.34. The fourth-order valence-electron chi connectivity index (χ4n) is 1.92. The Labute approximate surface area is 85.8 Å². The summed E-state index contributed by atoms with van der Waals surface area (Å²) in [5.41, 5.74) is 5.76. The van der Waals surface area contributed by atoms with Gasteiger partial charge in [-0.1, -0.05) is 0 Å². The molecular formula is C10H22N2O2. The largest absolute Gasteiger partial charge is 0.396 e. The molecule has 1 atom stereocenters. The average Bonchev–Trinajstić information content (AvgIpc) is 3.00. The summed E-state index contributed by atoms with van der Waals surface area (Å²) in [7, 11) is 1.71. The van der Waals surface area contributed by atoms with E-state index >= 15 is 0 Å². The average molecular weight is 202 g/mol. The quantitative estimate of drug-likeness (QED) is 0.473.